The summed E-state index contributed by atoms with van der Waals surface area (Å²) in [5.74, 6) is -0.347. The number of rotatable bonds is 5. The van der Waals surface area contributed by atoms with Crippen LogP contribution < -0.4 is 5.73 Å². The molecule has 6 heteroatoms. The minimum absolute atomic E-state index is 0.250. The number of nitrogen functional groups attached to an aromatic ring is 1. The molecule has 1 aromatic rings. The van der Waals surface area contributed by atoms with Gasteiger partial charge in [0.1, 0.15) is 10.7 Å². The van der Waals surface area contributed by atoms with Gasteiger partial charge in [0.2, 0.25) is 10.0 Å². The molecule has 0 radical (unpaired) electrons. The molecule has 0 spiro atoms. The van der Waals surface area contributed by atoms with Gasteiger partial charge in [0.05, 0.1) is 0 Å². The number of sulfonamides is 1. The SMILES string of the molecule is CCN(CC1CCC1)S(=O)(=O)c1cc(N)ccc1F. The number of hydrogen-bond donors (Lipinski definition) is 1. The summed E-state index contributed by atoms with van der Waals surface area (Å²) in [5, 5.41) is 0. The van der Waals surface area contributed by atoms with Crippen molar-refractivity contribution in [3.8, 4) is 0 Å². The smallest absolute Gasteiger partial charge is 0.246 e. The first-order valence-electron chi connectivity index (χ1n) is 6.50. The fourth-order valence-electron chi connectivity index (χ4n) is 2.22. The fraction of sp³-hybridized carbons (Fsp3) is 0.538. The number of hydrogen-bond acceptors (Lipinski definition) is 3. The number of anilines is 1. The molecule has 19 heavy (non-hydrogen) atoms. The molecule has 0 aromatic heterocycles. The highest BCUT2D eigenvalue weighted by atomic mass is 32.2. The van der Waals surface area contributed by atoms with Crippen LogP contribution in [-0.2, 0) is 10.0 Å². The maximum atomic E-state index is 13.7. The average molecular weight is 286 g/mol. The summed E-state index contributed by atoms with van der Waals surface area (Å²) in [6, 6.07) is 3.64. The monoisotopic (exact) mass is 286 g/mol. The third-order valence-corrected chi connectivity index (χ3v) is 5.57. The molecule has 106 valence electrons. The van der Waals surface area contributed by atoms with Gasteiger partial charge in [0, 0.05) is 18.8 Å². The molecule has 1 aromatic carbocycles. The molecule has 1 fully saturated rings. The van der Waals surface area contributed by atoms with E-state index in [1.807, 2.05) is 0 Å². The zero-order chi connectivity index (χ0) is 14.0. The van der Waals surface area contributed by atoms with E-state index in [0.717, 1.165) is 25.3 Å². The van der Waals surface area contributed by atoms with Crippen LogP contribution in [0, 0.1) is 11.7 Å². The van der Waals surface area contributed by atoms with Crippen molar-refractivity contribution in [3.63, 3.8) is 0 Å². The van der Waals surface area contributed by atoms with Crippen molar-refractivity contribution in [2.24, 2.45) is 5.92 Å². The lowest BCUT2D eigenvalue weighted by Crippen LogP contribution is -2.37. The first kappa shape index (κ1) is 14.3. The molecular weight excluding hydrogens is 267 g/mol. The lowest BCUT2D eigenvalue weighted by atomic mass is 9.85. The first-order chi connectivity index (χ1) is 8.95. The Morgan fingerprint density at radius 1 is 1.42 bits per heavy atom. The molecule has 2 N–H and O–H groups in total. The Labute approximate surface area is 113 Å². The van der Waals surface area contributed by atoms with Gasteiger partial charge in [0.25, 0.3) is 0 Å². The molecule has 0 bridgehead atoms. The van der Waals surface area contributed by atoms with Crippen LogP contribution in [-0.4, -0.2) is 25.8 Å². The second kappa shape index (κ2) is 5.46. The number of nitrogens with zero attached hydrogens (tertiary/aromatic N) is 1. The summed E-state index contributed by atoms with van der Waals surface area (Å²) in [6.07, 6.45) is 3.24. The zero-order valence-electron chi connectivity index (χ0n) is 11.0. The Balaban J connectivity index is 2.30. The summed E-state index contributed by atoms with van der Waals surface area (Å²) in [4.78, 5) is -0.325. The Morgan fingerprint density at radius 2 is 2.11 bits per heavy atom. The summed E-state index contributed by atoms with van der Waals surface area (Å²) in [5.41, 5.74) is 5.80. The molecule has 0 saturated heterocycles. The molecular formula is C13H19FN2O2S. The van der Waals surface area contributed by atoms with E-state index in [-0.39, 0.29) is 10.6 Å². The van der Waals surface area contributed by atoms with E-state index in [0.29, 0.717) is 19.0 Å². The van der Waals surface area contributed by atoms with Crippen LogP contribution in [0.3, 0.4) is 0 Å². The Bertz CT molecular complexity index is 556. The summed E-state index contributed by atoms with van der Waals surface area (Å²) in [6.45, 7) is 2.57. The standard InChI is InChI=1S/C13H19FN2O2S/c1-2-16(9-10-4-3-5-10)19(17,18)13-8-11(15)6-7-12(13)14/h6-8,10H,2-5,9,15H2,1H3. The summed E-state index contributed by atoms with van der Waals surface area (Å²) in [7, 11) is -3.80. The van der Waals surface area contributed by atoms with Crippen molar-refractivity contribution in [2.75, 3.05) is 18.8 Å². The van der Waals surface area contributed by atoms with Crippen molar-refractivity contribution in [3.05, 3.63) is 24.0 Å². The number of nitrogens with two attached hydrogens (primary N) is 1. The second-order valence-electron chi connectivity index (χ2n) is 4.94. The predicted molar refractivity (Wildman–Crippen MR) is 72.6 cm³/mol. The normalized spacial score (nSPS) is 16.6. The zero-order valence-corrected chi connectivity index (χ0v) is 11.8. The third kappa shape index (κ3) is 2.90. The number of benzene rings is 1. The van der Waals surface area contributed by atoms with Gasteiger partial charge in [-0.3, -0.25) is 0 Å². The van der Waals surface area contributed by atoms with Crippen LogP contribution >= 0.6 is 0 Å². The van der Waals surface area contributed by atoms with Gasteiger partial charge < -0.3 is 5.73 Å². The van der Waals surface area contributed by atoms with Gasteiger partial charge in [-0.25, -0.2) is 12.8 Å². The Kier molecular flexibility index (Phi) is 4.10. The van der Waals surface area contributed by atoms with Gasteiger partial charge in [-0.05, 0) is 37.0 Å². The van der Waals surface area contributed by atoms with Crippen molar-refractivity contribution >= 4 is 15.7 Å². The average Bonchev–Trinajstić information content (AvgIpc) is 2.30. The highest BCUT2D eigenvalue weighted by Crippen LogP contribution is 2.30. The van der Waals surface area contributed by atoms with Gasteiger partial charge in [0.15, 0.2) is 0 Å². The molecule has 0 heterocycles. The van der Waals surface area contributed by atoms with Crippen LogP contribution in [0.15, 0.2) is 23.1 Å². The van der Waals surface area contributed by atoms with Crippen LogP contribution in [0.4, 0.5) is 10.1 Å². The van der Waals surface area contributed by atoms with Crippen LogP contribution in [0.2, 0.25) is 0 Å². The second-order valence-corrected chi connectivity index (χ2v) is 6.85. The maximum Gasteiger partial charge on any atom is 0.246 e. The van der Waals surface area contributed by atoms with E-state index in [1.165, 1.54) is 16.4 Å². The minimum Gasteiger partial charge on any atom is -0.399 e. The Morgan fingerprint density at radius 3 is 2.63 bits per heavy atom. The van der Waals surface area contributed by atoms with Crippen LogP contribution in [0.5, 0.6) is 0 Å². The lowest BCUT2D eigenvalue weighted by Gasteiger charge is -2.31. The van der Waals surface area contributed by atoms with E-state index in [1.54, 1.807) is 6.92 Å². The highest BCUT2D eigenvalue weighted by molar-refractivity contribution is 7.89. The first-order valence-corrected chi connectivity index (χ1v) is 7.94. The van der Waals surface area contributed by atoms with Crippen molar-refractivity contribution in [1.82, 2.24) is 4.31 Å². The van der Waals surface area contributed by atoms with Gasteiger partial charge in [-0.2, -0.15) is 4.31 Å². The van der Waals surface area contributed by atoms with Gasteiger partial charge in [-0.15, -0.1) is 0 Å². The highest BCUT2D eigenvalue weighted by Gasteiger charge is 2.30. The van der Waals surface area contributed by atoms with E-state index in [4.69, 9.17) is 5.73 Å². The molecule has 1 saturated carbocycles. The quantitative estimate of drug-likeness (QED) is 0.844. The van der Waals surface area contributed by atoms with E-state index < -0.39 is 15.8 Å². The van der Waals surface area contributed by atoms with E-state index in [9.17, 15) is 12.8 Å². The molecule has 1 aliphatic rings. The van der Waals surface area contributed by atoms with Crippen molar-refractivity contribution in [1.29, 1.82) is 0 Å². The predicted octanol–water partition coefficient (Wildman–Crippen LogP) is 2.22. The Hall–Kier alpha value is -1.14. The minimum atomic E-state index is -3.80. The van der Waals surface area contributed by atoms with E-state index in [2.05, 4.69) is 0 Å². The molecule has 1 aliphatic carbocycles. The van der Waals surface area contributed by atoms with Gasteiger partial charge in [-0.1, -0.05) is 13.3 Å². The van der Waals surface area contributed by atoms with Crippen LogP contribution in [0.1, 0.15) is 26.2 Å². The largest absolute Gasteiger partial charge is 0.399 e. The third-order valence-electron chi connectivity index (χ3n) is 3.61. The molecule has 0 atom stereocenters. The number of halogens is 1. The van der Waals surface area contributed by atoms with Crippen molar-refractivity contribution in [2.45, 2.75) is 31.1 Å². The topological polar surface area (TPSA) is 63.4 Å². The molecule has 4 nitrogen and oxygen atoms in total. The molecule has 0 unspecified atom stereocenters. The van der Waals surface area contributed by atoms with Gasteiger partial charge >= 0.3 is 0 Å². The summed E-state index contributed by atoms with van der Waals surface area (Å²) >= 11 is 0. The molecule has 0 aliphatic heterocycles. The van der Waals surface area contributed by atoms with Crippen LogP contribution in [0.25, 0.3) is 0 Å². The van der Waals surface area contributed by atoms with Crippen molar-refractivity contribution < 1.29 is 12.8 Å². The van der Waals surface area contributed by atoms with E-state index >= 15 is 0 Å². The fourth-order valence-corrected chi connectivity index (χ4v) is 3.84. The maximum absolute atomic E-state index is 13.7. The molecule has 2 rings (SSSR count). The molecule has 0 amide bonds. The lowest BCUT2D eigenvalue weighted by molar-refractivity contribution is 0.249. The summed E-state index contributed by atoms with van der Waals surface area (Å²) < 4.78 is 40.0.